The van der Waals surface area contributed by atoms with Crippen molar-refractivity contribution in [1.29, 1.82) is 0 Å². The Morgan fingerprint density at radius 2 is 0.800 bits per heavy atom. The first-order valence-electron chi connectivity index (χ1n) is 40.3. The zero-order valence-corrected chi connectivity index (χ0v) is 72.3. The third-order valence-corrected chi connectivity index (χ3v) is 20.9. The quantitative estimate of drug-likeness (QED) is 0.0401. The van der Waals surface area contributed by atoms with Crippen LogP contribution in [0.3, 0.4) is 0 Å². The molecule has 9 heterocycles. The van der Waals surface area contributed by atoms with Gasteiger partial charge in [0.25, 0.3) is 22.2 Å². The van der Waals surface area contributed by atoms with E-state index in [4.69, 9.17) is 18.9 Å². The topological polar surface area (TPSA) is 354 Å². The molecule has 0 spiro atoms. The van der Waals surface area contributed by atoms with Gasteiger partial charge in [-0.15, -0.1) is 25.5 Å². The predicted molar refractivity (Wildman–Crippen MR) is 468 cm³/mol. The van der Waals surface area contributed by atoms with Gasteiger partial charge in [-0.05, 0) is 137 Å². The highest BCUT2D eigenvalue weighted by molar-refractivity contribution is 5.84. The highest BCUT2D eigenvalue weighted by Crippen LogP contribution is 2.33. The summed E-state index contributed by atoms with van der Waals surface area (Å²) in [5, 5.41) is 26.5. The molecule has 1 N–H and O–H groups in total. The summed E-state index contributed by atoms with van der Waals surface area (Å²) in [6.07, 6.45) is 4.31. The second-order valence-corrected chi connectivity index (χ2v) is 30.8. The molecule has 33 nitrogen and oxygen atoms in total. The molecule has 0 saturated heterocycles. The van der Waals surface area contributed by atoms with Crippen molar-refractivity contribution in [1.82, 2.24) is 91.7 Å². The number of benzene rings is 6. The molecule has 672 valence electrons. The Bertz CT molecular complexity index is 7160. The molecule has 15 rings (SSSR count). The first-order chi connectivity index (χ1) is 62.3. The SMILES string of the molecule is CCC(=O)Cc1ccc(-c2cn3c(c2CN(C)C)c(=O)n(-c2ccc(OC)nn2)c(=O)n3Cc2c(F)cccc2F)cc1.COCC(=O)Cc1ccc(-c2cn3c(c2CN(C)C)c(=O)n(-c2ccc(OC)nn2)c(=O)n3Cc2c(F)cccc2F)cc1.COCC(=O)Cc1ccc(-n2nc3c(c2CN(C)C)c(=O)n(-c2ccc(=O)[nH]n2)c(=O)n3Cc2c(F)cccc2F)cc1. The molecule has 0 aliphatic heterocycles. The van der Waals surface area contributed by atoms with E-state index in [0.717, 1.165) is 92.4 Å². The molecule has 0 atom stereocenters. The van der Waals surface area contributed by atoms with E-state index < -0.39 is 99.4 Å². The van der Waals surface area contributed by atoms with Crippen molar-refractivity contribution in [3.8, 4) is 57.2 Å². The highest BCUT2D eigenvalue weighted by Gasteiger charge is 2.31. The average molecular weight is 1780 g/mol. The van der Waals surface area contributed by atoms with E-state index >= 15 is 0 Å². The second kappa shape index (κ2) is 40.3. The van der Waals surface area contributed by atoms with Crippen LogP contribution >= 0.6 is 0 Å². The summed E-state index contributed by atoms with van der Waals surface area (Å²) in [5.74, 6) is -5.19. The van der Waals surface area contributed by atoms with E-state index in [1.54, 1.807) is 67.8 Å². The lowest BCUT2D eigenvalue weighted by molar-refractivity contribution is -0.122. The molecule has 0 unspecified atom stereocenters. The number of halogens is 6. The number of methoxy groups -OCH3 is 4. The van der Waals surface area contributed by atoms with E-state index in [2.05, 4.69) is 35.7 Å². The summed E-state index contributed by atoms with van der Waals surface area (Å²) in [7, 11) is 16.6. The first kappa shape index (κ1) is 92.6. The van der Waals surface area contributed by atoms with Crippen molar-refractivity contribution < 1.29 is 59.7 Å². The minimum Gasteiger partial charge on any atom is -0.480 e. The number of hydrogen-bond donors (Lipinski definition) is 1. The van der Waals surface area contributed by atoms with E-state index in [0.29, 0.717) is 58.6 Å². The van der Waals surface area contributed by atoms with E-state index in [1.165, 1.54) is 90.7 Å². The molecule has 9 aromatic heterocycles. The summed E-state index contributed by atoms with van der Waals surface area (Å²) in [4.78, 5) is 137. The lowest BCUT2D eigenvalue weighted by atomic mass is 10.00. The van der Waals surface area contributed by atoms with Gasteiger partial charge in [0, 0.05) is 129 Å². The van der Waals surface area contributed by atoms with Gasteiger partial charge < -0.3 is 33.6 Å². The summed E-state index contributed by atoms with van der Waals surface area (Å²) < 4.78 is 119. The van der Waals surface area contributed by atoms with Crippen molar-refractivity contribution in [2.75, 3.05) is 83.9 Å². The number of rotatable bonds is 31. The lowest BCUT2D eigenvalue weighted by Gasteiger charge is -2.15. The van der Waals surface area contributed by atoms with Gasteiger partial charge in [-0.25, -0.2) is 73.6 Å². The van der Waals surface area contributed by atoms with E-state index in [-0.39, 0.29) is 119 Å². The predicted octanol–water partition coefficient (Wildman–Crippen LogP) is 8.06. The maximum absolute atomic E-state index is 14.8. The van der Waals surface area contributed by atoms with Crippen LogP contribution in [0, 0.1) is 34.9 Å². The summed E-state index contributed by atoms with van der Waals surface area (Å²) in [5.41, 5.74) is 0.737. The molecular formula is C91H87F6N19O14. The number of nitrogens with zero attached hydrogens (tertiary/aromatic N) is 18. The van der Waals surface area contributed by atoms with Gasteiger partial charge in [-0.2, -0.15) is 5.10 Å². The van der Waals surface area contributed by atoms with Crippen LogP contribution in [0.5, 0.6) is 11.8 Å². The number of carbonyl (C=O) groups excluding carboxylic acids is 3. The van der Waals surface area contributed by atoms with Crippen LogP contribution in [0.2, 0.25) is 0 Å². The first-order valence-corrected chi connectivity index (χ1v) is 40.3. The lowest BCUT2D eigenvalue weighted by Crippen LogP contribution is -2.43. The molecule has 130 heavy (non-hydrogen) atoms. The van der Waals surface area contributed by atoms with Gasteiger partial charge in [-0.3, -0.25) is 47.2 Å². The van der Waals surface area contributed by atoms with E-state index in [9.17, 15) is 74.3 Å². The number of aromatic nitrogens is 16. The summed E-state index contributed by atoms with van der Waals surface area (Å²) in [6, 6.07) is 39.7. The Morgan fingerprint density at radius 3 is 1.16 bits per heavy atom. The van der Waals surface area contributed by atoms with Gasteiger partial charge in [0.15, 0.2) is 34.7 Å². The monoisotopic (exact) mass is 1780 g/mol. The van der Waals surface area contributed by atoms with Crippen LogP contribution in [0.1, 0.15) is 63.5 Å². The van der Waals surface area contributed by atoms with Gasteiger partial charge in [0.2, 0.25) is 11.8 Å². The fourth-order valence-corrected chi connectivity index (χ4v) is 14.7. The van der Waals surface area contributed by atoms with Crippen molar-refractivity contribution >= 4 is 39.4 Å². The standard InChI is InChI=1S/C31H30F2N6O5.C31H30F2N6O4.C29H27F2N7O5/c1-36(2)15-23-22(20-10-8-19(9-11-20)14-21(40)18-43-3)16-37-29(23)30(41)39(27-12-13-28(44-4)35-34-27)31(42)38(37)17-24-25(32)6-5-7-26(24)33;1-5-21(40)15-19-9-11-20(12-10-19)22-17-37-29(23(22)16-36(2)3)30(41)39(27-13-14-28(43-4)35-34-27)31(42)38(37)18-24-25(32)7-6-8-26(24)33;1-35(2)15-23-26-27(34-38(23)18-9-7-17(8-10-18)13-19(39)16-43-3)36(14-20-21(30)5-4-6-22(20)31)29(42)37(28(26)41)24-11-12-25(40)33-32-24/h5-13,16H,14-15,17-18H2,1-4H3;6-14,17H,5,15-16,18H2,1-4H3;4-12H,13-16H2,1-3H3,(H,33,40). The highest BCUT2D eigenvalue weighted by atomic mass is 19.2. The Morgan fingerprint density at radius 1 is 0.415 bits per heavy atom. The zero-order chi connectivity index (χ0) is 93.2. The number of nitrogens with one attached hydrogen (secondary N) is 1. The van der Waals surface area contributed by atoms with Crippen LogP contribution in [0.4, 0.5) is 26.3 Å². The van der Waals surface area contributed by atoms with Crippen LogP contribution in [-0.2, 0) is 82.4 Å². The van der Waals surface area contributed by atoms with Crippen molar-refractivity contribution in [3.63, 3.8) is 0 Å². The average Bonchev–Trinajstić information content (AvgIpc) is 1.55. The van der Waals surface area contributed by atoms with Gasteiger partial charge in [0.1, 0.15) is 70.3 Å². The minimum absolute atomic E-state index is 0.00456. The van der Waals surface area contributed by atoms with Gasteiger partial charge in [0.05, 0.1) is 45.2 Å². The fraction of sp³-hybridized carbons (Fsp3) is 0.253. The Hall–Kier alpha value is -15.1. The molecule has 0 amide bonds. The Kier molecular flexibility index (Phi) is 28.7. The maximum Gasteiger partial charge on any atom is 0.352 e. The third-order valence-electron chi connectivity index (χ3n) is 20.9. The summed E-state index contributed by atoms with van der Waals surface area (Å²) in [6.45, 7) is 0.961. The zero-order valence-electron chi connectivity index (χ0n) is 72.3. The van der Waals surface area contributed by atoms with Crippen molar-refractivity contribution in [3.05, 3.63) is 334 Å². The number of hydrogen-bond acceptors (Lipinski definition) is 23. The summed E-state index contributed by atoms with van der Waals surface area (Å²) >= 11 is 0. The largest absolute Gasteiger partial charge is 0.480 e. The number of H-pyrrole nitrogens is 1. The molecule has 0 radical (unpaired) electrons. The van der Waals surface area contributed by atoms with Crippen LogP contribution in [0.25, 0.3) is 67.5 Å². The fourth-order valence-electron chi connectivity index (χ4n) is 14.7. The molecule has 0 aliphatic rings. The number of aromatic amines is 1. The Labute approximate surface area is 734 Å². The molecule has 0 bridgehead atoms. The molecule has 0 saturated carbocycles. The van der Waals surface area contributed by atoms with Crippen molar-refractivity contribution in [2.45, 2.75) is 71.9 Å². The molecular weight excluding hydrogens is 1700 g/mol. The third kappa shape index (κ3) is 19.9. The second-order valence-electron chi connectivity index (χ2n) is 30.8. The Balaban J connectivity index is 0.000000166. The van der Waals surface area contributed by atoms with Gasteiger partial charge >= 0.3 is 17.1 Å². The molecule has 15 aromatic rings. The maximum atomic E-state index is 14.8. The smallest absolute Gasteiger partial charge is 0.352 e. The molecule has 6 aromatic carbocycles. The number of carbonyl (C=O) groups is 3. The van der Waals surface area contributed by atoms with Crippen LogP contribution in [0.15, 0.2) is 210 Å². The molecule has 39 heteroatoms. The normalized spacial score (nSPS) is 11.4. The van der Waals surface area contributed by atoms with Crippen LogP contribution in [-0.4, -0.2) is 193 Å². The van der Waals surface area contributed by atoms with Gasteiger partial charge in [-0.1, -0.05) is 85.8 Å². The minimum atomic E-state index is -0.965. The number of ether oxygens (including phenoxy) is 4. The number of fused-ring (bicyclic) bond motifs is 3. The van der Waals surface area contributed by atoms with E-state index in [1.807, 2.05) is 81.3 Å². The van der Waals surface area contributed by atoms with Crippen molar-refractivity contribution in [2.24, 2.45) is 0 Å². The van der Waals surface area contributed by atoms with Crippen LogP contribution < -0.4 is 48.8 Å². The molecule has 0 fully saturated rings. The number of ketones is 3. The number of Topliss-reactive ketones (excluding diaryl/α,β-unsaturated/α-hetero) is 3. The molecule has 0 aliphatic carbocycles.